The Bertz CT molecular complexity index is 1010. The number of aryl methyl sites for hydroxylation is 1. The maximum absolute atomic E-state index is 12.9. The fraction of sp³-hybridized carbons (Fsp3) is 0.364. The minimum absolute atomic E-state index is 0.137. The van der Waals surface area contributed by atoms with Gasteiger partial charge in [0.15, 0.2) is 11.4 Å². The van der Waals surface area contributed by atoms with E-state index in [9.17, 15) is 9.18 Å². The van der Waals surface area contributed by atoms with Crippen LogP contribution in [-0.4, -0.2) is 35.6 Å². The number of imidazole rings is 1. The summed E-state index contributed by atoms with van der Waals surface area (Å²) >= 11 is 0. The largest absolute Gasteiger partial charge is 0.490 e. The molecular weight excluding hydrogens is 373 g/mol. The maximum atomic E-state index is 12.9. The lowest BCUT2D eigenvalue weighted by Gasteiger charge is -2.18. The van der Waals surface area contributed by atoms with Crippen LogP contribution in [0.4, 0.5) is 10.2 Å². The molecule has 1 saturated carbocycles. The minimum Gasteiger partial charge on any atom is -0.490 e. The van der Waals surface area contributed by atoms with Crippen LogP contribution in [0.2, 0.25) is 0 Å². The lowest BCUT2D eigenvalue weighted by molar-refractivity contribution is -0.119. The summed E-state index contributed by atoms with van der Waals surface area (Å²) in [5, 5.41) is 0. The molecule has 1 amide bonds. The zero-order valence-electron chi connectivity index (χ0n) is 16.6. The van der Waals surface area contributed by atoms with E-state index in [0.717, 1.165) is 24.4 Å². The van der Waals surface area contributed by atoms with Crippen LogP contribution in [0.15, 0.2) is 42.6 Å². The molecule has 0 aliphatic heterocycles. The first kappa shape index (κ1) is 19.2. The number of carbonyl (C=O) groups is 1. The van der Waals surface area contributed by atoms with Gasteiger partial charge in [0, 0.05) is 19.2 Å². The number of benzene rings is 1. The summed E-state index contributed by atoms with van der Waals surface area (Å²) in [5.74, 6) is 1.99. The van der Waals surface area contributed by atoms with E-state index in [4.69, 9.17) is 14.5 Å². The lowest BCUT2D eigenvalue weighted by Crippen LogP contribution is -2.29. The predicted octanol–water partition coefficient (Wildman–Crippen LogP) is 3.87. The average Bonchev–Trinajstić information content (AvgIpc) is 3.51. The van der Waals surface area contributed by atoms with Gasteiger partial charge in [-0.2, -0.15) is 0 Å². The minimum atomic E-state index is -0.299. The van der Waals surface area contributed by atoms with Crippen LogP contribution in [0, 0.1) is 11.7 Å². The van der Waals surface area contributed by atoms with Gasteiger partial charge in [-0.05, 0) is 55.7 Å². The van der Waals surface area contributed by atoms with Gasteiger partial charge in [0.25, 0.3) is 0 Å². The summed E-state index contributed by atoms with van der Waals surface area (Å²) < 4.78 is 26.3. The molecule has 1 fully saturated rings. The molecule has 4 rings (SSSR count). The Balaban J connectivity index is 1.49. The first-order valence-electron chi connectivity index (χ1n) is 9.87. The van der Waals surface area contributed by atoms with E-state index >= 15 is 0 Å². The number of anilines is 1. The highest BCUT2D eigenvalue weighted by molar-refractivity contribution is 5.96. The molecule has 0 unspecified atom stereocenters. The highest BCUT2D eigenvalue weighted by atomic mass is 19.1. The second kappa shape index (κ2) is 8.11. The third kappa shape index (κ3) is 4.04. The number of hydrogen-bond donors (Lipinski definition) is 0. The predicted molar refractivity (Wildman–Crippen MR) is 108 cm³/mol. The molecule has 1 aliphatic carbocycles. The highest BCUT2D eigenvalue weighted by Gasteiger charge is 2.34. The van der Waals surface area contributed by atoms with E-state index < -0.39 is 0 Å². The van der Waals surface area contributed by atoms with Gasteiger partial charge < -0.3 is 9.47 Å². The molecule has 7 heteroatoms. The summed E-state index contributed by atoms with van der Waals surface area (Å²) in [5.41, 5.74) is 1.54. The Morgan fingerprint density at radius 2 is 1.93 bits per heavy atom. The summed E-state index contributed by atoms with van der Waals surface area (Å²) in [6, 6.07) is 9.60. The smallest absolute Gasteiger partial charge is 0.231 e. The van der Waals surface area contributed by atoms with Crippen LogP contribution in [-0.2, 0) is 11.2 Å². The van der Waals surface area contributed by atoms with Gasteiger partial charge >= 0.3 is 0 Å². The monoisotopic (exact) mass is 397 g/mol. The number of nitrogens with zero attached hydrogens (tertiary/aromatic N) is 3. The zero-order chi connectivity index (χ0) is 20.4. The normalized spacial score (nSPS) is 13.5. The first-order valence-corrected chi connectivity index (χ1v) is 9.87. The fourth-order valence-corrected chi connectivity index (χ4v) is 3.33. The van der Waals surface area contributed by atoms with Gasteiger partial charge in [-0.25, -0.2) is 9.37 Å². The average molecular weight is 397 g/mol. The number of halogens is 1. The number of ether oxygens (including phenoxy) is 2. The van der Waals surface area contributed by atoms with Crippen LogP contribution in [0.3, 0.4) is 0 Å². The Labute approximate surface area is 168 Å². The molecule has 1 aliphatic rings. The lowest BCUT2D eigenvalue weighted by atomic mass is 10.3. The van der Waals surface area contributed by atoms with Crippen LogP contribution in [0.25, 0.3) is 5.65 Å². The van der Waals surface area contributed by atoms with Crippen molar-refractivity contribution in [2.24, 2.45) is 5.92 Å². The molecular formula is C22H24FN3O3. The summed E-state index contributed by atoms with van der Waals surface area (Å²) in [6.07, 6.45) is 4.54. The van der Waals surface area contributed by atoms with E-state index in [2.05, 4.69) is 0 Å². The van der Waals surface area contributed by atoms with E-state index in [1.54, 1.807) is 17.0 Å². The van der Waals surface area contributed by atoms with Crippen molar-refractivity contribution in [2.75, 3.05) is 25.2 Å². The number of pyridine rings is 1. The molecule has 0 atom stereocenters. The van der Waals surface area contributed by atoms with E-state index in [0.29, 0.717) is 36.8 Å². The molecule has 152 valence electrons. The van der Waals surface area contributed by atoms with Crippen molar-refractivity contribution in [1.82, 2.24) is 9.38 Å². The molecule has 0 saturated heterocycles. The number of carbonyl (C=O) groups excluding carboxylic acids is 1. The number of amides is 1. The van der Waals surface area contributed by atoms with Gasteiger partial charge in [-0.3, -0.25) is 14.1 Å². The summed E-state index contributed by atoms with van der Waals surface area (Å²) in [4.78, 5) is 19.0. The SMILES string of the molecule is CCc1nc2c(OCCOc3ccc(F)cc3)cccn2c1N(C)C(=O)C1CC1. The fourth-order valence-electron chi connectivity index (χ4n) is 3.33. The Morgan fingerprint density at radius 1 is 1.21 bits per heavy atom. The molecule has 0 N–H and O–H groups in total. The summed E-state index contributed by atoms with van der Waals surface area (Å²) in [7, 11) is 1.81. The Morgan fingerprint density at radius 3 is 2.62 bits per heavy atom. The van der Waals surface area contributed by atoms with E-state index in [1.165, 1.54) is 12.1 Å². The van der Waals surface area contributed by atoms with Gasteiger partial charge in [0.1, 0.15) is 30.6 Å². The van der Waals surface area contributed by atoms with Gasteiger partial charge in [-0.1, -0.05) is 6.92 Å². The molecule has 3 aromatic rings. The summed E-state index contributed by atoms with van der Waals surface area (Å²) in [6.45, 7) is 2.66. The molecule has 0 spiro atoms. The van der Waals surface area contributed by atoms with E-state index in [1.807, 2.05) is 36.7 Å². The van der Waals surface area contributed by atoms with Crippen LogP contribution < -0.4 is 14.4 Å². The van der Waals surface area contributed by atoms with Crippen LogP contribution in [0.5, 0.6) is 11.5 Å². The van der Waals surface area contributed by atoms with Gasteiger partial charge in [0.2, 0.25) is 5.91 Å². The van der Waals surface area contributed by atoms with Crippen molar-refractivity contribution in [3.8, 4) is 11.5 Å². The third-order valence-corrected chi connectivity index (χ3v) is 4.99. The third-order valence-electron chi connectivity index (χ3n) is 4.99. The highest BCUT2D eigenvalue weighted by Crippen LogP contribution is 2.34. The van der Waals surface area contributed by atoms with Crippen molar-refractivity contribution in [1.29, 1.82) is 0 Å². The number of rotatable bonds is 8. The van der Waals surface area contributed by atoms with Gasteiger partial charge in [-0.15, -0.1) is 0 Å². The molecule has 6 nitrogen and oxygen atoms in total. The molecule has 1 aromatic carbocycles. The van der Waals surface area contributed by atoms with Gasteiger partial charge in [0.05, 0.1) is 5.69 Å². The van der Waals surface area contributed by atoms with E-state index in [-0.39, 0.29) is 17.6 Å². The zero-order valence-corrected chi connectivity index (χ0v) is 16.6. The molecule has 0 radical (unpaired) electrons. The standard InChI is InChI=1S/C22H24FN3O3/c1-3-18-21(25(2)22(27)15-6-7-15)26-12-4-5-19(20(26)24-18)29-14-13-28-17-10-8-16(23)9-11-17/h4-5,8-12,15H,3,6-7,13-14H2,1-2H3. The first-order chi connectivity index (χ1) is 14.1. The van der Waals surface area contributed by atoms with Crippen molar-refractivity contribution in [3.05, 3.63) is 54.1 Å². The van der Waals surface area contributed by atoms with Crippen molar-refractivity contribution in [2.45, 2.75) is 26.2 Å². The van der Waals surface area contributed by atoms with Crippen LogP contribution in [0.1, 0.15) is 25.5 Å². The number of fused-ring (bicyclic) bond motifs is 1. The van der Waals surface area contributed by atoms with Crippen molar-refractivity contribution in [3.63, 3.8) is 0 Å². The molecule has 0 bridgehead atoms. The molecule has 29 heavy (non-hydrogen) atoms. The van der Waals surface area contributed by atoms with Crippen molar-refractivity contribution < 1.29 is 18.7 Å². The Hall–Kier alpha value is -3.09. The van der Waals surface area contributed by atoms with Crippen LogP contribution >= 0.6 is 0 Å². The number of aromatic nitrogens is 2. The van der Waals surface area contributed by atoms with Crippen molar-refractivity contribution >= 4 is 17.4 Å². The second-order valence-corrected chi connectivity index (χ2v) is 7.12. The maximum Gasteiger partial charge on any atom is 0.231 e. The topological polar surface area (TPSA) is 56.1 Å². The molecule has 2 heterocycles. The Kier molecular flexibility index (Phi) is 5.38. The number of hydrogen-bond acceptors (Lipinski definition) is 4. The quantitative estimate of drug-likeness (QED) is 0.542. The second-order valence-electron chi connectivity index (χ2n) is 7.12. The molecule has 2 aromatic heterocycles.